The summed E-state index contributed by atoms with van der Waals surface area (Å²) in [6, 6.07) is 12.9. The number of hydrogen-bond acceptors (Lipinski definition) is 6. The van der Waals surface area contributed by atoms with Crippen molar-refractivity contribution in [3.8, 4) is 0 Å². The molecule has 6 nitrogen and oxygen atoms in total. The summed E-state index contributed by atoms with van der Waals surface area (Å²) < 4.78 is 37.6. The van der Waals surface area contributed by atoms with Gasteiger partial charge >= 0.3 is 11.9 Å². The number of hydrogen-bond donors (Lipinski definition) is 0. The van der Waals surface area contributed by atoms with Crippen molar-refractivity contribution in [3.63, 3.8) is 0 Å². The summed E-state index contributed by atoms with van der Waals surface area (Å²) in [4.78, 5) is 26.1. The highest BCUT2D eigenvalue weighted by Crippen LogP contribution is 2.65. The standard InChI is InChI=1S/C23H25ClO6S/c1-4-15-7-9-16(10-8-15)19-20(31(27,28)18-13-11-17(24)12-14-18)23(19,21(25)29-5-2)22(26)30-6-3/h7-14,19-20H,4-6H2,1-3H3/t19-,20+/m1/s1. The third-order valence-electron chi connectivity index (χ3n) is 5.58. The Kier molecular flexibility index (Phi) is 6.76. The van der Waals surface area contributed by atoms with Crippen LogP contribution in [0.2, 0.25) is 5.02 Å². The quantitative estimate of drug-likeness (QED) is 0.434. The van der Waals surface area contributed by atoms with Crippen molar-refractivity contribution >= 4 is 33.4 Å². The molecule has 2 atom stereocenters. The van der Waals surface area contributed by atoms with Gasteiger partial charge in [-0.05, 0) is 55.7 Å². The molecule has 0 aliphatic heterocycles. The smallest absolute Gasteiger partial charge is 0.325 e. The first-order valence-corrected chi connectivity index (χ1v) is 12.1. The van der Waals surface area contributed by atoms with E-state index in [0.717, 1.165) is 12.0 Å². The second-order valence-corrected chi connectivity index (χ2v) is 9.81. The fourth-order valence-electron chi connectivity index (χ4n) is 4.02. The number of ether oxygens (including phenoxy) is 2. The van der Waals surface area contributed by atoms with Crippen LogP contribution in [0.1, 0.15) is 37.8 Å². The van der Waals surface area contributed by atoms with Crippen molar-refractivity contribution in [2.75, 3.05) is 13.2 Å². The molecule has 1 aliphatic carbocycles. The number of carbonyl (C=O) groups is 2. The van der Waals surface area contributed by atoms with Gasteiger partial charge in [0.05, 0.1) is 18.1 Å². The lowest BCUT2D eigenvalue weighted by atomic mass is 9.98. The van der Waals surface area contributed by atoms with Crippen molar-refractivity contribution in [2.45, 2.75) is 43.3 Å². The summed E-state index contributed by atoms with van der Waals surface area (Å²) in [6.45, 7) is 5.23. The van der Waals surface area contributed by atoms with Gasteiger partial charge in [0, 0.05) is 10.9 Å². The minimum Gasteiger partial charge on any atom is -0.465 e. The van der Waals surface area contributed by atoms with Crippen molar-refractivity contribution < 1.29 is 27.5 Å². The minimum atomic E-state index is -4.09. The summed E-state index contributed by atoms with van der Waals surface area (Å²) in [5, 5.41) is -0.963. The van der Waals surface area contributed by atoms with Gasteiger partial charge in [0.15, 0.2) is 15.3 Å². The molecule has 8 heteroatoms. The molecular formula is C23H25ClO6S. The van der Waals surface area contributed by atoms with Crippen molar-refractivity contribution in [2.24, 2.45) is 5.41 Å². The first kappa shape index (κ1) is 23.3. The van der Waals surface area contributed by atoms with Gasteiger partial charge in [-0.15, -0.1) is 0 Å². The fourth-order valence-corrected chi connectivity index (χ4v) is 6.43. The molecule has 1 saturated carbocycles. The van der Waals surface area contributed by atoms with E-state index in [9.17, 15) is 18.0 Å². The Bertz CT molecular complexity index is 1040. The highest BCUT2D eigenvalue weighted by molar-refractivity contribution is 7.92. The van der Waals surface area contributed by atoms with Gasteiger partial charge in [0.2, 0.25) is 0 Å². The number of aryl methyl sites for hydroxylation is 1. The number of halogens is 1. The molecular weight excluding hydrogens is 440 g/mol. The Morgan fingerprint density at radius 3 is 1.87 bits per heavy atom. The largest absolute Gasteiger partial charge is 0.465 e. The minimum absolute atomic E-state index is 0.00912. The lowest BCUT2D eigenvalue weighted by Gasteiger charge is -2.15. The number of carbonyl (C=O) groups excluding carboxylic acids is 2. The second-order valence-electron chi connectivity index (χ2n) is 7.30. The summed E-state index contributed by atoms with van der Waals surface area (Å²) in [7, 11) is -4.09. The molecule has 0 N–H and O–H groups in total. The van der Waals surface area contributed by atoms with Gasteiger partial charge in [-0.3, -0.25) is 9.59 Å². The second kappa shape index (κ2) is 9.01. The van der Waals surface area contributed by atoms with Crippen LogP contribution in [0.15, 0.2) is 53.4 Å². The third kappa shape index (κ3) is 3.96. The molecule has 3 rings (SSSR count). The van der Waals surface area contributed by atoms with Gasteiger partial charge < -0.3 is 9.47 Å². The predicted octanol–water partition coefficient (Wildman–Crippen LogP) is 3.95. The Labute approximate surface area is 187 Å². The van der Waals surface area contributed by atoms with E-state index in [2.05, 4.69) is 0 Å². The molecule has 1 fully saturated rings. The molecule has 166 valence electrons. The van der Waals surface area contributed by atoms with Crippen LogP contribution in [0, 0.1) is 5.41 Å². The van der Waals surface area contributed by atoms with E-state index in [1.54, 1.807) is 26.0 Å². The van der Waals surface area contributed by atoms with Gasteiger partial charge in [-0.2, -0.15) is 0 Å². The average Bonchev–Trinajstić information content (AvgIpc) is 3.47. The van der Waals surface area contributed by atoms with Crippen LogP contribution in [0.5, 0.6) is 0 Å². The molecule has 1 aliphatic rings. The predicted molar refractivity (Wildman–Crippen MR) is 117 cm³/mol. The van der Waals surface area contributed by atoms with E-state index in [1.165, 1.54) is 24.3 Å². The lowest BCUT2D eigenvalue weighted by Crippen LogP contribution is -2.35. The van der Waals surface area contributed by atoms with Crippen molar-refractivity contribution in [3.05, 3.63) is 64.7 Å². The Hall–Kier alpha value is -2.38. The van der Waals surface area contributed by atoms with Crippen LogP contribution in [0.4, 0.5) is 0 Å². The lowest BCUT2D eigenvalue weighted by molar-refractivity contribution is -0.164. The topological polar surface area (TPSA) is 86.7 Å². The van der Waals surface area contributed by atoms with Crippen molar-refractivity contribution in [1.82, 2.24) is 0 Å². The zero-order chi connectivity index (χ0) is 22.8. The molecule has 0 amide bonds. The Morgan fingerprint density at radius 2 is 1.42 bits per heavy atom. The van der Waals surface area contributed by atoms with Crippen LogP contribution < -0.4 is 0 Å². The van der Waals surface area contributed by atoms with E-state index in [1.807, 2.05) is 19.1 Å². The first-order chi connectivity index (χ1) is 14.7. The normalized spacial score (nSPS) is 19.5. The van der Waals surface area contributed by atoms with Gasteiger partial charge in [-0.1, -0.05) is 42.8 Å². The Morgan fingerprint density at radius 1 is 0.903 bits per heavy atom. The number of esters is 2. The highest BCUT2D eigenvalue weighted by Gasteiger charge is 2.81. The number of benzene rings is 2. The monoisotopic (exact) mass is 464 g/mol. The zero-order valence-electron chi connectivity index (χ0n) is 17.6. The SMILES string of the molecule is CCOC(=O)C1(C(=O)OCC)[C@H](c2ccc(CC)cc2)[C@@H]1S(=O)(=O)c1ccc(Cl)cc1. The van der Waals surface area contributed by atoms with Crippen LogP contribution in [-0.4, -0.2) is 38.8 Å². The van der Waals surface area contributed by atoms with E-state index in [4.69, 9.17) is 21.1 Å². The first-order valence-electron chi connectivity index (χ1n) is 10.2. The van der Waals surface area contributed by atoms with Gasteiger partial charge in [0.1, 0.15) is 5.25 Å². The van der Waals surface area contributed by atoms with Gasteiger partial charge in [0.25, 0.3) is 0 Å². The maximum absolute atomic E-state index is 13.6. The number of rotatable bonds is 8. The van der Waals surface area contributed by atoms with E-state index >= 15 is 0 Å². The fraction of sp³-hybridized carbons (Fsp3) is 0.391. The zero-order valence-corrected chi connectivity index (χ0v) is 19.2. The molecule has 31 heavy (non-hydrogen) atoms. The molecule has 0 saturated heterocycles. The summed E-state index contributed by atoms with van der Waals surface area (Å²) in [6.07, 6.45) is 0.804. The molecule has 2 aromatic rings. The summed E-state index contributed by atoms with van der Waals surface area (Å²) >= 11 is 5.91. The van der Waals surface area contributed by atoms with Crippen LogP contribution in [0.3, 0.4) is 0 Å². The molecule has 0 heterocycles. The number of sulfone groups is 1. The van der Waals surface area contributed by atoms with Gasteiger partial charge in [-0.25, -0.2) is 8.42 Å². The van der Waals surface area contributed by atoms with Crippen LogP contribution in [-0.2, 0) is 35.3 Å². The molecule has 0 aromatic heterocycles. The molecule has 0 unspecified atom stereocenters. The molecule has 0 bridgehead atoms. The van der Waals surface area contributed by atoms with E-state index < -0.39 is 38.4 Å². The maximum atomic E-state index is 13.6. The highest BCUT2D eigenvalue weighted by atomic mass is 35.5. The summed E-state index contributed by atoms with van der Waals surface area (Å²) in [5.74, 6) is -2.70. The molecule has 2 aromatic carbocycles. The van der Waals surface area contributed by atoms with Crippen LogP contribution >= 0.6 is 11.6 Å². The maximum Gasteiger partial charge on any atom is 0.325 e. The third-order valence-corrected chi connectivity index (χ3v) is 8.08. The van der Waals surface area contributed by atoms with E-state index in [0.29, 0.717) is 10.6 Å². The van der Waals surface area contributed by atoms with E-state index in [-0.39, 0.29) is 18.1 Å². The molecule has 0 radical (unpaired) electrons. The van der Waals surface area contributed by atoms with Crippen LogP contribution in [0.25, 0.3) is 0 Å². The summed E-state index contributed by atoms with van der Waals surface area (Å²) in [5.41, 5.74) is -0.335. The average molecular weight is 465 g/mol. The Balaban J connectivity index is 2.18. The van der Waals surface area contributed by atoms with Crippen molar-refractivity contribution in [1.29, 1.82) is 0 Å². The molecule has 0 spiro atoms.